The maximum Gasteiger partial charge on any atom is 0.337 e. The van der Waals surface area contributed by atoms with E-state index in [1.54, 1.807) is 42.5 Å². The number of hydrogen-bond acceptors (Lipinski definition) is 5. The lowest BCUT2D eigenvalue weighted by molar-refractivity contribution is -0.129. The van der Waals surface area contributed by atoms with Gasteiger partial charge in [-0.1, -0.05) is 45.0 Å². The second kappa shape index (κ2) is 12.7. The predicted octanol–water partition coefficient (Wildman–Crippen LogP) is 6.21. The quantitative estimate of drug-likeness (QED) is 0.295. The molecule has 40 heavy (non-hydrogen) atoms. The van der Waals surface area contributed by atoms with Gasteiger partial charge in [-0.15, -0.1) is 0 Å². The third-order valence-electron chi connectivity index (χ3n) is 6.77. The summed E-state index contributed by atoms with van der Waals surface area (Å²) >= 11 is 0. The smallest absolute Gasteiger partial charge is 0.337 e. The normalized spacial score (nSPS) is 17.0. The van der Waals surface area contributed by atoms with E-state index < -0.39 is 5.97 Å². The zero-order valence-electron chi connectivity index (χ0n) is 23.1. The first-order chi connectivity index (χ1) is 19.1. The van der Waals surface area contributed by atoms with E-state index in [2.05, 4.69) is 10.6 Å². The standard InChI is InChI=1S/C32H36N2O6/c1-32(2,3)31(38)33-22-10-14-24(15-11-22)40-26-18-16-25(17-19-26)39-23-12-8-21(9-13-23)20-29(35)34-28-7-5-4-6-27(28)30(36)37/h4-9,12-13,16-19,22,24H,10-11,14-15,20H2,1-3H3,(H,33,38)(H,34,35)(H,36,37). The summed E-state index contributed by atoms with van der Waals surface area (Å²) in [4.78, 5) is 36.0. The van der Waals surface area contributed by atoms with E-state index >= 15 is 0 Å². The van der Waals surface area contributed by atoms with Crippen LogP contribution in [0, 0.1) is 5.41 Å². The summed E-state index contributed by atoms with van der Waals surface area (Å²) in [5, 5.41) is 15.1. The number of anilines is 1. The zero-order valence-corrected chi connectivity index (χ0v) is 23.1. The molecule has 0 radical (unpaired) electrons. The molecule has 2 amide bonds. The van der Waals surface area contributed by atoms with Crippen LogP contribution < -0.4 is 20.1 Å². The Morgan fingerprint density at radius 3 is 2.00 bits per heavy atom. The van der Waals surface area contributed by atoms with Gasteiger partial charge in [0, 0.05) is 11.5 Å². The molecule has 1 saturated carbocycles. The molecule has 0 unspecified atom stereocenters. The van der Waals surface area contributed by atoms with Crippen LogP contribution in [0.3, 0.4) is 0 Å². The summed E-state index contributed by atoms with van der Waals surface area (Å²) in [7, 11) is 0. The Hall–Kier alpha value is -4.33. The van der Waals surface area contributed by atoms with Crippen molar-refractivity contribution in [3.05, 3.63) is 83.9 Å². The highest BCUT2D eigenvalue weighted by atomic mass is 16.5. The van der Waals surface area contributed by atoms with Gasteiger partial charge in [0.2, 0.25) is 11.8 Å². The number of hydrogen-bond donors (Lipinski definition) is 3. The van der Waals surface area contributed by atoms with E-state index in [1.807, 2.05) is 45.0 Å². The first-order valence-electron chi connectivity index (χ1n) is 13.5. The first kappa shape index (κ1) is 28.7. The minimum absolute atomic E-state index is 0.0463. The van der Waals surface area contributed by atoms with Crippen molar-refractivity contribution in [2.24, 2.45) is 5.41 Å². The average Bonchev–Trinajstić information content (AvgIpc) is 2.91. The number of nitrogens with one attached hydrogen (secondary N) is 2. The molecule has 3 N–H and O–H groups in total. The van der Waals surface area contributed by atoms with Crippen molar-refractivity contribution in [1.82, 2.24) is 5.32 Å². The molecule has 8 nitrogen and oxygen atoms in total. The number of benzene rings is 3. The Morgan fingerprint density at radius 2 is 1.40 bits per heavy atom. The Morgan fingerprint density at radius 1 is 0.825 bits per heavy atom. The highest BCUT2D eigenvalue weighted by molar-refractivity contribution is 6.01. The molecule has 0 atom stereocenters. The van der Waals surface area contributed by atoms with Gasteiger partial charge in [-0.05, 0) is 79.8 Å². The molecule has 0 saturated heterocycles. The molecule has 1 aliphatic carbocycles. The van der Waals surface area contributed by atoms with Crippen LogP contribution in [0.4, 0.5) is 5.69 Å². The molecule has 8 heteroatoms. The lowest BCUT2D eigenvalue weighted by Gasteiger charge is -2.31. The number of carbonyl (C=O) groups is 3. The fourth-order valence-electron chi connectivity index (χ4n) is 4.48. The number of carboxylic acids is 1. The number of carbonyl (C=O) groups excluding carboxylic acids is 2. The van der Waals surface area contributed by atoms with Gasteiger partial charge in [0.05, 0.1) is 23.8 Å². The van der Waals surface area contributed by atoms with E-state index in [0.29, 0.717) is 11.5 Å². The summed E-state index contributed by atoms with van der Waals surface area (Å²) in [6.07, 6.45) is 3.82. The molecule has 0 spiro atoms. The molecule has 1 aliphatic rings. The zero-order chi connectivity index (χ0) is 28.7. The largest absolute Gasteiger partial charge is 0.490 e. The van der Waals surface area contributed by atoms with Crippen molar-refractivity contribution in [3.8, 4) is 17.2 Å². The van der Waals surface area contributed by atoms with Crippen LogP contribution >= 0.6 is 0 Å². The van der Waals surface area contributed by atoms with Crippen molar-refractivity contribution in [1.29, 1.82) is 0 Å². The van der Waals surface area contributed by atoms with Gasteiger partial charge in [-0.25, -0.2) is 4.79 Å². The van der Waals surface area contributed by atoms with E-state index in [1.165, 1.54) is 6.07 Å². The van der Waals surface area contributed by atoms with Crippen LogP contribution in [-0.4, -0.2) is 35.0 Å². The number of rotatable bonds is 9. The van der Waals surface area contributed by atoms with E-state index in [0.717, 1.165) is 37.0 Å². The molecule has 0 aliphatic heterocycles. The first-order valence-corrected chi connectivity index (χ1v) is 13.5. The van der Waals surface area contributed by atoms with Crippen LogP contribution in [0.25, 0.3) is 0 Å². The lowest BCUT2D eigenvalue weighted by atomic mass is 9.90. The molecular weight excluding hydrogens is 508 g/mol. The summed E-state index contributed by atoms with van der Waals surface area (Å²) < 4.78 is 12.1. The molecule has 3 aromatic carbocycles. The Kier molecular flexibility index (Phi) is 9.09. The summed E-state index contributed by atoms with van der Waals surface area (Å²) in [6.45, 7) is 5.77. The van der Waals surface area contributed by atoms with Gasteiger partial charge in [0.1, 0.15) is 17.2 Å². The van der Waals surface area contributed by atoms with Gasteiger partial charge in [0.25, 0.3) is 0 Å². The summed E-state index contributed by atoms with van der Waals surface area (Å²) in [5.74, 6) is 0.761. The predicted molar refractivity (Wildman–Crippen MR) is 153 cm³/mol. The lowest BCUT2D eigenvalue weighted by Crippen LogP contribution is -2.44. The van der Waals surface area contributed by atoms with Crippen LogP contribution in [-0.2, 0) is 16.0 Å². The Bertz CT molecular complexity index is 1320. The van der Waals surface area contributed by atoms with Crippen LogP contribution in [0.15, 0.2) is 72.8 Å². The van der Waals surface area contributed by atoms with Gasteiger partial charge in [-0.3, -0.25) is 9.59 Å². The molecule has 1 fully saturated rings. The van der Waals surface area contributed by atoms with E-state index in [4.69, 9.17) is 9.47 Å². The molecule has 0 heterocycles. The number of carboxylic acid groups (broad SMARTS) is 1. The van der Waals surface area contributed by atoms with E-state index in [9.17, 15) is 19.5 Å². The second-order valence-electron chi connectivity index (χ2n) is 11.1. The van der Waals surface area contributed by atoms with Crippen molar-refractivity contribution in [2.75, 3.05) is 5.32 Å². The van der Waals surface area contributed by atoms with Gasteiger partial charge < -0.3 is 25.2 Å². The third kappa shape index (κ3) is 8.09. The summed E-state index contributed by atoms with van der Waals surface area (Å²) in [6, 6.07) is 21.2. The van der Waals surface area contributed by atoms with Crippen molar-refractivity contribution in [3.63, 3.8) is 0 Å². The van der Waals surface area contributed by atoms with Gasteiger partial charge >= 0.3 is 5.97 Å². The molecule has 0 bridgehead atoms. The minimum atomic E-state index is -1.09. The highest BCUT2D eigenvalue weighted by Crippen LogP contribution is 2.28. The molecular formula is C32H36N2O6. The maximum atomic E-state index is 12.4. The van der Waals surface area contributed by atoms with Crippen molar-refractivity contribution in [2.45, 2.75) is 65.0 Å². The topological polar surface area (TPSA) is 114 Å². The number of aromatic carboxylic acids is 1. The molecule has 4 rings (SSSR count). The van der Waals surface area contributed by atoms with Crippen LogP contribution in [0.2, 0.25) is 0 Å². The average molecular weight is 545 g/mol. The monoisotopic (exact) mass is 544 g/mol. The third-order valence-corrected chi connectivity index (χ3v) is 6.77. The molecule has 210 valence electrons. The molecule has 0 aromatic heterocycles. The van der Waals surface area contributed by atoms with Gasteiger partial charge in [-0.2, -0.15) is 0 Å². The Labute approximate surface area is 234 Å². The van der Waals surface area contributed by atoms with Gasteiger partial charge in [0.15, 0.2) is 0 Å². The summed E-state index contributed by atoms with van der Waals surface area (Å²) in [5.41, 5.74) is 0.706. The fraction of sp³-hybridized carbons (Fsp3) is 0.344. The van der Waals surface area contributed by atoms with Crippen LogP contribution in [0.5, 0.6) is 17.2 Å². The number of para-hydroxylation sites is 1. The maximum absolute atomic E-state index is 12.4. The Balaban J connectivity index is 1.23. The van der Waals surface area contributed by atoms with Crippen molar-refractivity contribution >= 4 is 23.5 Å². The minimum Gasteiger partial charge on any atom is -0.490 e. The fourth-order valence-corrected chi connectivity index (χ4v) is 4.48. The number of amides is 2. The van der Waals surface area contributed by atoms with Crippen molar-refractivity contribution < 1.29 is 29.0 Å². The molecule has 3 aromatic rings. The second-order valence-corrected chi connectivity index (χ2v) is 11.1. The SMILES string of the molecule is CC(C)(C)C(=O)NC1CCC(Oc2ccc(Oc3ccc(CC(=O)Nc4ccccc4C(=O)O)cc3)cc2)CC1. The van der Waals surface area contributed by atoms with Crippen LogP contribution in [0.1, 0.15) is 62.4 Å². The van der Waals surface area contributed by atoms with E-state index in [-0.39, 0.29) is 47.0 Å². The highest BCUT2D eigenvalue weighted by Gasteiger charge is 2.28. The number of ether oxygens (including phenoxy) is 2.